The molecule has 9 heteroatoms. The van der Waals surface area contributed by atoms with Crippen LogP contribution in [0.2, 0.25) is 0 Å². The highest BCUT2D eigenvalue weighted by Crippen LogP contribution is 2.26. The molecule has 0 aromatic heterocycles. The first kappa shape index (κ1) is 13.4. The number of methoxy groups -OCH3 is 1. The molecule has 2 heterocycles. The van der Waals surface area contributed by atoms with Crippen LogP contribution in [0.3, 0.4) is 0 Å². The lowest BCUT2D eigenvalue weighted by Crippen LogP contribution is -2.07. The number of sulfone groups is 1. The average Bonchev–Trinajstić information content (AvgIpc) is 2.93. The van der Waals surface area contributed by atoms with E-state index < -0.39 is 9.84 Å². The lowest BCUT2D eigenvalue weighted by atomic mass is 10.3. The van der Waals surface area contributed by atoms with Crippen LogP contribution in [0.1, 0.15) is 0 Å². The molecule has 0 saturated heterocycles. The molecule has 0 unspecified atom stereocenters. The highest BCUT2D eigenvalue weighted by Gasteiger charge is 2.15. The zero-order valence-corrected chi connectivity index (χ0v) is 12.1. The van der Waals surface area contributed by atoms with Crippen molar-refractivity contribution in [3.63, 3.8) is 0 Å². The van der Waals surface area contributed by atoms with Crippen molar-refractivity contribution in [2.24, 2.45) is 0 Å². The van der Waals surface area contributed by atoms with E-state index in [0.29, 0.717) is 23.1 Å². The van der Waals surface area contributed by atoms with E-state index in [9.17, 15) is 8.42 Å². The molecule has 2 aliphatic rings. The van der Waals surface area contributed by atoms with Gasteiger partial charge in [0.25, 0.3) is 0 Å². The first-order valence-corrected chi connectivity index (χ1v) is 7.79. The zero-order valence-electron chi connectivity index (χ0n) is 11.3. The van der Waals surface area contributed by atoms with Gasteiger partial charge < -0.3 is 4.74 Å². The molecule has 1 aromatic carbocycles. The third kappa shape index (κ3) is 2.42. The lowest BCUT2D eigenvalue weighted by molar-refractivity contribution is 0.410. The maximum absolute atomic E-state index is 11.6. The SMILES string of the molecule is COc1cc(S(C)(=O)=O)ccc1-n1cnc2ncnc-2n1. The van der Waals surface area contributed by atoms with Crippen molar-refractivity contribution in [1.82, 2.24) is 24.7 Å². The van der Waals surface area contributed by atoms with Gasteiger partial charge in [-0.1, -0.05) is 0 Å². The van der Waals surface area contributed by atoms with E-state index in [0.717, 1.165) is 6.26 Å². The summed E-state index contributed by atoms with van der Waals surface area (Å²) in [6.45, 7) is 0. The minimum Gasteiger partial charge on any atom is -0.494 e. The van der Waals surface area contributed by atoms with Crippen molar-refractivity contribution in [1.29, 1.82) is 0 Å². The normalized spacial score (nSPS) is 11.7. The third-order valence-corrected chi connectivity index (χ3v) is 3.99. The Morgan fingerprint density at radius 3 is 2.62 bits per heavy atom. The predicted molar refractivity (Wildman–Crippen MR) is 73.2 cm³/mol. The van der Waals surface area contributed by atoms with Crippen LogP contribution in [0.5, 0.6) is 5.75 Å². The second kappa shape index (κ2) is 4.77. The van der Waals surface area contributed by atoms with E-state index in [1.807, 2.05) is 0 Å². The summed E-state index contributed by atoms with van der Waals surface area (Å²) in [6, 6.07) is 4.54. The molecular weight excluding hydrogens is 294 g/mol. The Kier molecular flexibility index (Phi) is 3.05. The standard InChI is InChI=1S/C12H11N5O3S/c1-20-10-5-8(21(2,18)19)3-4-9(10)17-7-15-11-12(16-17)14-6-13-11/h3-7H,1-2H3. The summed E-state index contributed by atoms with van der Waals surface area (Å²) in [5.41, 5.74) is 0.558. The third-order valence-electron chi connectivity index (χ3n) is 2.88. The van der Waals surface area contributed by atoms with Crippen LogP contribution in [0.4, 0.5) is 0 Å². The van der Waals surface area contributed by atoms with E-state index >= 15 is 0 Å². The Morgan fingerprint density at radius 1 is 1.14 bits per heavy atom. The highest BCUT2D eigenvalue weighted by molar-refractivity contribution is 7.90. The van der Waals surface area contributed by atoms with Crippen LogP contribution < -0.4 is 4.74 Å². The molecule has 108 valence electrons. The zero-order chi connectivity index (χ0) is 15.0. The first-order chi connectivity index (χ1) is 9.99. The number of fused-ring (bicyclic) bond motifs is 1. The number of ether oxygens (including phenoxy) is 1. The Bertz CT molecular complexity index is 874. The maximum Gasteiger partial charge on any atom is 0.219 e. The molecule has 0 bridgehead atoms. The molecule has 0 aliphatic carbocycles. The Hall–Kier alpha value is -2.55. The van der Waals surface area contributed by atoms with Crippen molar-refractivity contribution in [2.75, 3.05) is 13.4 Å². The Morgan fingerprint density at radius 2 is 1.90 bits per heavy atom. The van der Waals surface area contributed by atoms with Gasteiger partial charge in [-0.2, -0.15) is 0 Å². The van der Waals surface area contributed by atoms with Gasteiger partial charge in [-0.3, -0.25) is 0 Å². The van der Waals surface area contributed by atoms with Crippen molar-refractivity contribution >= 4 is 9.84 Å². The quantitative estimate of drug-likeness (QED) is 0.697. The Balaban J connectivity index is 2.16. The van der Waals surface area contributed by atoms with Gasteiger partial charge in [0.15, 0.2) is 9.84 Å². The second-order valence-corrected chi connectivity index (χ2v) is 6.33. The van der Waals surface area contributed by atoms with Crippen LogP contribution >= 0.6 is 0 Å². The number of aromatic nitrogens is 5. The molecule has 21 heavy (non-hydrogen) atoms. The average molecular weight is 305 g/mol. The monoisotopic (exact) mass is 305 g/mol. The summed E-state index contributed by atoms with van der Waals surface area (Å²) in [4.78, 5) is 12.2. The van der Waals surface area contributed by atoms with Crippen molar-refractivity contribution in [3.05, 3.63) is 30.9 Å². The molecule has 0 radical (unpaired) electrons. The number of hydrogen-bond acceptors (Lipinski definition) is 7. The number of benzene rings is 1. The van der Waals surface area contributed by atoms with Gasteiger partial charge in [0, 0.05) is 12.3 Å². The summed E-state index contributed by atoms with van der Waals surface area (Å²) in [6.07, 6.45) is 3.98. The number of rotatable bonds is 3. The summed E-state index contributed by atoms with van der Waals surface area (Å²) in [5, 5.41) is 4.26. The first-order valence-electron chi connectivity index (χ1n) is 5.90. The molecule has 8 nitrogen and oxygen atoms in total. The minimum absolute atomic E-state index is 0.172. The summed E-state index contributed by atoms with van der Waals surface area (Å²) >= 11 is 0. The molecule has 0 spiro atoms. The van der Waals surface area contributed by atoms with Crippen LogP contribution in [0, 0.1) is 0 Å². The van der Waals surface area contributed by atoms with Gasteiger partial charge in [-0.05, 0) is 12.1 Å². The van der Waals surface area contributed by atoms with E-state index in [4.69, 9.17) is 4.74 Å². The van der Waals surface area contributed by atoms with Gasteiger partial charge in [-0.15, -0.1) is 5.10 Å². The van der Waals surface area contributed by atoms with Crippen molar-refractivity contribution in [3.8, 4) is 23.1 Å². The molecule has 2 aliphatic heterocycles. The minimum atomic E-state index is -3.31. The Labute approximate surface area is 120 Å². The van der Waals surface area contributed by atoms with Crippen molar-refractivity contribution in [2.45, 2.75) is 4.90 Å². The molecule has 1 aromatic rings. The fourth-order valence-electron chi connectivity index (χ4n) is 1.85. The molecule has 3 rings (SSSR count). The smallest absolute Gasteiger partial charge is 0.219 e. The molecule has 0 fully saturated rings. The molecule has 0 N–H and O–H groups in total. The summed E-state index contributed by atoms with van der Waals surface area (Å²) in [7, 11) is -1.85. The van der Waals surface area contributed by atoms with Gasteiger partial charge in [0.2, 0.25) is 11.6 Å². The molecule has 0 atom stereocenters. The van der Waals surface area contributed by atoms with Crippen molar-refractivity contribution < 1.29 is 13.2 Å². The van der Waals surface area contributed by atoms with Gasteiger partial charge >= 0.3 is 0 Å². The van der Waals surface area contributed by atoms with E-state index in [1.54, 1.807) is 6.07 Å². The van der Waals surface area contributed by atoms with E-state index in [1.165, 1.54) is 36.6 Å². The second-order valence-electron chi connectivity index (χ2n) is 4.32. The van der Waals surface area contributed by atoms with E-state index in [-0.39, 0.29) is 4.90 Å². The van der Waals surface area contributed by atoms with Crippen LogP contribution in [0.25, 0.3) is 17.3 Å². The predicted octanol–water partition coefficient (Wildman–Crippen LogP) is 0.574. The lowest BCUT2D eigenvalue weighted by Gasteiger charge is -2.11. The number of nitrogens with zero attached hydrogens (tertiary/aromatic N) is 5. The molecular formula is C12H11N5O3S. The summed E-state index contributed by atoms with van der Waals surface area (Å²) in [5.74, 6) is 1.21. The number of hydrogen-bond donors (Lipinski definition) is 0. The summed E-state index contributed by atoms with van der Waals surface area (Å²) < 4.78 is 29.9. The van der Waals surface area contributed by atoms with Gasteiger partial charge in [0.05, 0.1) is 12.0 Å². The van der Waals surface area contributed by atoms with Crippen LogP contribution in [0.15, 0.2) is 35.7 Å². The van der Waals surface area contributed by atoms with E-state index in [2.05, 4.69) is 20.1 Å². The number of imidazole rings is 1. The fourth-order valence-corrected chi connectivity index (χ4v) is 2.48. The van der Waals surface area contributed by atoms with Gasteiger partial charge in [-0.25, -0.2) is 28.1 Å². The highest BCUT2D eigenvalue weighted by atomic mass is 32.2. The maximum atomic E-state index is 11.6. The topological polar surface area (TPSA) is 99.9 Å². The molecule has 0 saturated carbocycles. The fraction of sp³-hybridized carbons (Fsp3) is 0.167. The van der Waals surface area contributed by atoms with Crippen LogP contribution in [-0.4, -0.2) is 46.5 Å². The van der Waals surface area contributed by atoms with Gasteiger partial charge in [0.1, 0.15) is 24.1 Å². The largest absolute Gasteiger partial charge is 0.494 e. The molecule has 0 amide bonds. The van der Waals surface area contributed by atoms with Crippen LogP contribution in [-0.2, 0) is 9.84 Å².